The van der Waals surface area contributed by atoms with Gasteiger partial charge in [0.25, 0.3) is 0 Å². The maximum Gasteiger partial charge on any atom is 0.123 e. The van der Waals surface area contributed by atoms with E-state index < -0.39 is 0 Å². The normalized spacial score (nSPS) is 18.4. The van der Waals surface area contributed by atoms with Crippen LogP contribution in [0.1, 0.15) is 68.8 Å². The van der Waals surface area contributed by atoms with Crippen LogP contribution < -0.4 is 0 Å². The molecule has 0 saturated carbocycles. The number of hydrogen-bond acceptors (Lipinski definition) is 2. The highest BCUT2D eigenvalue weighted by Gasteiger charge is 2.31. The summed E-state index contributed by atoms with van der Waals surface area (Å²) in [5.41, 5.74) is 4.96. The lowest BCUT2D eigenvalue weighted by atomic mass is 9.69. The summed E-state index contributed by atoms with van der Waals surface area (Å²) in [6, 6.07) is 13.9. The number of imidazole rings is 1. The van der Waals surface area contributed by atoms with Crippen molar-refractivity contribution in [1.29, 1.82) is 0 Å². The first-order chi connectivity index (χ1) is 15.9. The molecule has 0 fully saturated rings. The summed E-state index contributed by atoms with van der Waals surface area (Å²) in [6.07, 6.45) is 8.16. The molecular weight excluding hydrogens is 409 g/mol. The van der Waals surface area contributed by atoms with Crippen molar-refractivity contribution in [3.8, 4) is 0 Å². The average molecular weight is 450 g/mol. The van der Waals surface area contributed by atoms with E-state index >= 15 is 0 Å². The molecule has 0 bridgehead atoms. The Bertz CT molecular complexity index is 1050. The highest BCUT2D eigenvalue weighted by atomic mass is 19.1. The van der Waals surface area contributed by atoms with E-state index in [-0.39, 0.29) is 5.82 Å². The van der Waals surface area contributed by atoms with Crippen LogP contribution in [0.4, 0.5) is 4.39 Å². The number of unbranched alkanes of at least 4 members (excludes halogenated alkanes) is 2. The largest absolute Gasteiger partial charge is 0.331 e. The number of aryl methyl sites for hydroxylation is 3. The number of benzene rings is 2. The Morgan fingerprint density at radius 1 is 1.09 bits per heavy atom. The zero-order valence-electron chi connectivity index (χ0n) is 20.9. The predicted octanol–water partition coefficient (Wildman–Crippen LogP) is 6.75. The Kier molecular flexibility index (Phi) is 7.85. The average Bonchev–Trinajstić information content (AvgIpc) is 3.12. The van der Waals surface area contributed by atoms with Gasteiger partial charge in [-0.25, -0.2) is 9.37 Å². The fourth-order valence-corrected chi connectivity index (χ4v) is 5.88. The molecule has 33 heavy (non-hydrogen) atoms. The van der Waals surface area contributed by atoms with Gasteiger partial charge in [-0.15, -0.1) is 0 Å². The van der Waals surface area contributed by atoms with Crippen LogP contribution in [0.15, 0.2) is 42.5 Å². The van der Waals surface area contributed by atoms with Crippen molar-refractivity contribution in [1.82, 2.24) is 14.5 Å². The van der Waals surface area contributed by atoms with Gasteiger partial charge in [0.05, 0.1) is 11.0 Å². The molecule has 4 rings (SSSR count). The predicted molar refractivity (Wildman–Crippen MR) is 136 cm³/mol. The van der Waals surface area contributed by atoms with Crippen LogP contribution in [-0.4, -0.2) is 34.6 Å². The summed E-state index contributed by atoms with van der Waals surface area (Å²) >= 11 is 0. The summed E-state index contributed by atoms with van der Waals surface area (Å²) in [5.74, 6) is 2.94. The van der Waals surface area contributed by atoms with E-state index in [0.29, 0.717) is 17.8 Å². The Morgan fingerprint density at radius 3 is 2.70 bits per heavy atom. The van der Waals surface area contributed by atoms with Crippen LogP contribution in [-0.2, 0) is 19.9 Å². The number of nitrogens with zero attached hydrogens (tertiary/aromatic N) is 3. The minimum atomic E-state index is -0.0920. The van der Waals surface area contributed by atoms with Crippen molar-refractivity contribution in [3.05, 3.63) is 65.2 Å². The first kappa shape index (κ1) is 23.9. The molecule has 3 nitrogen and oxygen atoms in total. The second-order valence-corrected chi connectivity index (χ2v) is 10.4. The van der Waals surface area contributed by atoms with Crippen LogP contribution in [0.5, 0.6) is 0 Å². The smallest absolute Gasteiger partial charge is 0.123 e. The maximum absolute atomic E-state index is 13.7. The molecule has 2 atom stereocenters. The molecule has 1 aliphatic carbocycles. The number of hydrogen-bond donors (Lipinski definition) is 0. The molecule has 4 heteroatoms. The summed E-state index contributed by atoms with van der Waals surface area (Å²) in [7, 11) is 4.39. The third-order valence-electron chi connectivity index (χ3n) is 7.68. The van der Waals surface area contributed by atoms with Crippen LogP contribution in [0, 0.1) is 17.7 Å². The molecule has 1 aromatic heterocycles. The summed E-state index contributed by atoms with van der Waals surface area (Å²) in [5, 5.41) is 0. The van der Waals surface area contributed by atoms with Crippen molar-refractivity contribution in [2.45, 2.75) is 64.7 Å². The fourth-order valence-electron chi connectivity index (χ4n) is 5.88. The van der Waals surface area contributed by atoms with Gasteiger partial charge >= 0.3 is 0 Å². The maximum atomic E-state index is 13.7. The van der Waals surface area contributed by atoms with Crippen molar-refractivity contribution < 1.29 is 4.39 Å². The highest BCUT2D eigenvalue weighted by Crippen LogP contribution is 2.42. The standard InChI is InChI=1S/C29H40FN3/c1-21(2)29-22(13-14-23-20-24(30)15-16-25(23)29)17-19-32(3)18-9-5-6-12-28-31-26-10-7-8-11-27(26)33(28)4/h7-8,10-11,15-16,20-22,29H,5-6,9,12-14,17-19H2,1-4H3/t22?,29-/m1/s1. The van der Waals surface area contributed by atoms with Gasteiger partial charge in [-0.05, 0) is 105 Å². The molecule has 1 aliphatic rings. The Morgan fingerprint density at radius 2 is 1.91 bits per heavy atom. The van der Waals surface area contributed by atoms with E-state index in [4.69, 9.17) is 4.98 Å². The summed E-state index contributed by atoms with van der Waals surface area (Å²) < 4.78 is 15.9. The van der Waals surface area contributed by atoms with Crippen LogP contribution in [0.25, 0.3) is 11.0 Å². The first-order valence-electron chi connectivity index (χ1n) is 12.8. The van der Waals surface area contributed by atoms with E-state index in [2.05, 4.69) is 67.7 Å². The zero-order valence-corrected chi connectivity index (χ0v) is 20.9. The minimum Gasteiger partial charge on any atom is -0.331 e. The van der Waals surface area contributed by atoms with Gasteiger partial charge < -0.3 is 9.47 Å². The van der Waals surface area contributed by atoms with Crippen LogP contribution >= 0.6 is 0 Å². The van der Waals surface area contributed by atoms with Crippen LogP contribution in [0.2, 0.25) is 0 Å². The summed E-state index contributed by atoms with van der Waals surface area (Å²) in [6.45, 7) is 6.95. The lowest BCUT2D eigenvalue weighted by molar-refractivity contribution is 0.237. The van der Waals surface area contributed by atoms with E-state index in [1.165, 1.54) is 54.6 Å². The van der Waals surface area contributed by atoms with Crippen molar-refractivity contribution in [2.75, 3.05) is 20.1 Å². The number of halogens is 1. The van der Waals surface area contributed by atoms with E-state index in [9.17, 15) is 4.39 Å². The lowest BCUT2D eigenvalue weighted by Gasteiger charge is -2.37. The second-order valence-electron chi connectivity index (χ2n) is 10.4. The molecule has 0 N–H and O–H groups in total. The van der Waals surface area contributed by atoms with Crippen molar-refractivity contribution >= 4 is 11.0 Å². The topological polar surface area (TPSA) is 21.1 Å². The number of fused-ring (bicyclic) bond motifs is 2. The third kappa shape index (κ3) is 5.66. The number of rotatable bonds is 10. The molecule has 0 radical (unpaired) electrons. The molecule has 0 aliphatic heterocycles. The fraction of sp³-hybridized carbons (Fsp3) is 0.552. The van der Waals surface area contributed by atoms with Crippen molar-refractivity contribution in [3.63, 3.8) is 0 Å². The monoisotopic (exact) mass is 449 g/mol. The molecule has 0 saturated heterocycles. The van der Waals surface area contributed by atoms with Gasteiger partial charge in [0.1, 0.15) is 11.6 Å². The van der Waals surface area contributed by atoms with Crippen LogP contribution in [0.3, 0.4) is 0 Å². The highest BCUT2D eigenvalue weighted by molar-refractivity contribution is 5.75. The van der Waals surface area contributed by atoms with Gasteiger partial charge in [0, 0.05) is 13.5 Å². The van der Waals surface area contributed by atoms with Gasteiger partial charge in [-0.3, -0.25) is 0 Å². The molecule has 1 heterocycles. The molecule has 2 aromatic carbocycles. The van der Waals surface area contributed by atoms with Crippen molar-refractivity contribution in [2.24, 2.45) is 18.9 Å². The first-order valence-corrected chi connectivity index (χ1v) is 12.8. The minimum absolute atomic E-state index is 0.0920. The van der Waals surface area contributed by atoms with E-state index in [1.54, 1.807) is 12.1 Å². The molecule has 3 aromatic rings. The van der Waals surface area contributed by atoms with E-state index in [1.807, 2.05) is 0 Å². The second kappa shape index (κ2) is 10.8. The molecule has 0 spiro atoms. The Labute approximate surface area is 199 Å². The third-order valence-corrected chi connectivity index (χ3v) is 7.68. The Hall–Kier alpha value is -2.20. The number of para-hydroxylation sites is 2. The van der Waals surface area contributed by atoms with Gasteiger partial charge in [-0.2, -0.15) is 0 Å². The van der Waals surface area contributed by atoms with E-state index in [0.717, 1.165) is 31.4 Å². The van der Waals surface area contributed by atoms with Gasteiger partial charge in [0.15, 0.2) is 0 Å². The number of aromatic nitrogens is 2. The quantitative estimate of drug-likeness (QED) is 0.319. The SMILES string of the molecule is CC(C)[C@H]1c2ccc(F)cc2CCC1CCN(C)CCCCCc1nc2ccccc2n1C. The molecule has 0 amide bonds. The molecular formula is C29H40FN3. The Balaban J connectivity index is 1.20. The molecule has 178 valence electrons. The summed E-state index contributed by atoms with van der Waals surface area (Å²) in [4.78, 5) is 7.31. The van der Waals surface area contributed by atoms with Gasteiger partial charge in [0.2, 0.25) is 0 Å². The zero-order chi connectivity index (χ0) is 23.4. The molecule has 1 unspecified atom stereocenters. The lowest BCUT2D eigenvalue weighted by Crippen LogP contribution is -2.29. The van der Waals surface area contributed by atoms with Gasteiger partial charge in [-0.1, -0.05) is 38.5 Å².